The van der Waals surface area contributed by atoms with E-state index in [1.165, 1.54) is 5.01 Å². The van der Waals surface area contributed by atoms with Crippen LogP contribution in [0.2, 0.25) is 0 Å². The molecule has 3 aromatic rings. The standard InChI is InChI=1S/C15H18N6S2/c1-10(13-17-3-9-23-13)20-4-6-21(7-5-20)15-18-12(16)11-2-8-22-14(11)19-15/h2-3,8-10H,4-7H2,1H3,(H2,16,18,19). The number of nitrogen functional groups attached to an aromatic ring is 1. The van der Waals surface area contributed by atoms with Gasteiger partial charge in [0, 0.05) is 37.8 Å². The predicted molar refractivity (Wildman–Crippen MR) is 96.1 cm³/mol. The molecule has 1 aliphatic rings. The molecule has 1 aliphatic heterocycles. The van der Waals surface area contributed by atoms with Gasteiger partial charge >= 0.3 is 0 Å². The molecular formula is C15H18N6S2. The number of hydrogen-bond donors (Lipinski definition) is 1. The molecule has 0 aromatic carbocycles. The van der Waals surface area contributed by atoms with Gasteiger partial charge < -0.3 is 10.6 Å². The van der Waals surface area contributed by atoms with Gasteiger partial charge in [-0.15, -0.1) is 22.7 Å². The fraction of sp³-hybridized carbons (Fsp3) is 0.400. The van der Waals surface area contributed by atoms with Crippen LogP contribution in [0.25, 0.3) is 10.2 Å². The van der Waals surface area contributed by atoms with Crippen molar-refractivity contribution in [2.75, 3.05) is 36.8 Å². The molecule has 2 N–H and O–H groups in total. The fourth-order valence-electron chi connectivity index (χ4n) is 2.91. The van der Waals surface area contributed by atoms with E-state index in [4.69, 9.17) is 5.73 Å². The van der Waals surface area contributed by atoms with Gasteiger partial charge in [-0.25, -0.2) is 9.97 Å². The number of thiazole rings is 1. The van der Waals surface area contributed by atoms with Gasteiger partial charge in [0.1, 0.15) is 15.7 Å². The highest BCUT2D eigenvalue weighted by atomic mass is 32.1. The number of nitrogens with two attached hydrogens (primary N) is 1. The molecular weight excluding hydrogens is 328 g/mol. The second-order valence-electron chi connectivity index (χ2n) is 5.62. The predicted octanol–water partition coefficient (Wildman–Crippen LogP) is 2.61. The van der Waals surface area contributed by atoms with E-state index in [0.717, 1.165) is 42.3 Å². The van der Waals surface area contributed by atoms with Crippen molar-refractivity contribution in [1.29, 1.82) is 0 Å². The number of fused-ring (bicyclic) bond motifs is 1. The first kappa shape index (κ1) is 14.8. The van der Waals surface area contributed by atoms with Crippen molar-refractivity contribution in [3.05, 3.63) is 28.0 Å². The summed E-state index contributed by atoms with van der Waals surface area (Å²) >= 11 is 3.33. The maximum absolute atomic E-state index is 6.06. The Balaban J connectivity index is 1.48. The Morgan fingerprint density at radius 2 is 1.96 bits per heavy atom. The van der Waals surface area contributed by atoms with Crippen LogP contribution < -0.4 is 10.6 Å². The van der Waals surface area contributed by atoms with Crippen LogP contribution in [0.15, 0.2) is 23.0 Å². The van der Waals surface area contributed by atoms with E-state index in [0.29, 0.717) is 11.9 Å². The lowest BCUT2D eigenvalue weighted by atomic mass is 10.2. The lowest BCUT2D eigenvalue weighted by Crippen LogP contribution is -2.47. The van der Waals surface area contributed by atoms with Crippen molar-refractivity contribution < 1.29 is 0 Å². The first-order valence-electron chi connectivity index (χ1n) is 7.61. The topological polar surface area (TPSA) is 71.2 Å². The van der Waals surface area contributed by atoms with Crippen molar-refractivity contribution in [2.45, 2.75) is 13.0 Å². The lowest BCUT2D eigenvalue weighted by Gasteiger charge is -2.37. The Morgan fingerprint density at radius 1 is 1.13 bits per heavy atom. The number of rotatable bonds is 3. The molecule has 1 fully saturated rings. The zero-order chi connectivity index (χ0) is 15.8. The van der Waals surface area contributed by atoms with Crippen LogP contribution in [-0.4, -0.2) is 46.0 Å². The Labute approximate surface area is 142 Å². The second kappa shape index (κ2) is 6.03. The smallest absolute Gasteiger partial charge is 0.228 e. The molecule has 0 bridgehead atoms. The summed E-state index contributed by atoms with van der Waals surface area (Å²) in [5, 5.41) is 6.18. The maximum atomic E-state index is 6.06. The van der Waals surface area contributed by atoms with E-state index < -0.39 is 0 Å². The maximum Gasteiger partial charge on any atom is 0.228 e. The van der Waals surface area contributed by atoms with E-state index in [2.05, 4.69) is 31.7 Å². The van der Waals surface area contributed by atoms with Crippen molar-refractivity contribution in [3.63, 3.8) is 0 Å². The van der Waals surface area contributed by atoms with E-state index in [1.54, 1.807) is 22.7 Å². The fourth-order valence-corrected chi connectivity index (χ4v) is 4.41. The van der Waals surface area contributed by atoms with Gasteiger partial charge in [-0.05, 0) is 18.4 Å². The number of anilines is 2. The third kappa shape index (κ3) is 2.77. The van der Waals surface area contributed by atoms with Crippen LogP contribution in [-0.2, 0) is 0 Å². The molecule has 23 heavy (non-hydrogen) atoms. The summed E-state index contributed by atoms with van der Waals surface area (Å²) in [5.74, 6) is 1.32. The van der Waals surface area contributed by atoms with Gasteiger partial charge in [0.25, 0.3) is 0 Å². The molecule has 0 radical (unpaired) electrons. The summed E-state index contributed by atoms with van der Waals surface area (Å²) in [4.78, 5) is 19.2. The molecule has 1 atom stereocenters. The quantitative estimate of drug-likeness (QED) is 0.786. The molecule has 8 heteroatoms. The molecule has 1 unspecified atom stereocenters. The van der Waals surface area contributed by atoms with Crippen LogP contribution in [0, 0.1) is 0 Å². The average molecular weight is 346 g/mol. The summed E-state index contributed by atoms with van der Waals surface area (Å²) in [6.07, 6.45) is 1.87. The van der Waals surface area contributed by atoms with Gasteiger partial charge in [-0.2, -0.15) is 4.98 Å². The summed E-state index contributed by atoms with van der Waals surface area (Å²) in [7, 11) is 0. The first-order valence-corrected chi connectivity index (χ1v) is 9.37. The van der Waals surface area contributed by atoms with Crippen molar-refractivity contribution in [2.24, 2.45) is 0 Å². The van der Waals surface area contributed by atoms with Gasteiger partial charge in [-0.3, -0.25) is 4.90 Å². The number of thiophene rings is 1. The average Bonchev–Trinajstić information content (AvgIpc) is 3.26. The van der Waals surface area contributed by atoms with Gasteiger partial charge in [0.15, 0.2) is 0 Å². The molecule has 0 saturated carbocycles. The summed E-state index contributed by atoms with van der Waals surface area (Å²) in [6, 6.07) is 2.34. The highest BCUT2D eigenvalue weighted by molar-refractivity contribution is 7.16. The first-order chi connectivity index (χ1) is 11.2. The highest BCUT2D eigenvalue weighted by Gasteiger charge is 2.25. The van der Waals surface area contributed by atoms with E-state index in [9.17, 15) is 0 Å². The summed E-state index contributed by atoms with van der Waals surface area (Å²) < 4.78 is 0. The minimum absolute atomic E-state index is 0.364. The Morgan fingerprint density at radius 3 is 2.70 bits per heavy atom. The molecule has 0 amide bonds. The van der Waals surface area contributed by atoms with E-state index in [-0.39, 0.29) is 0 Å². The van der Waals surface area contributed by atoms with Crippen LogP contribution in [0.4, 0.5) is 11.8 Å². The van der Waals surface area contributed by atoms with Crippen molar-refractivity contribution >= 4 is 44.7 Å². The SMILES string of the molecule is CC(c1nccs1)N1CCN(c2nc(N)c3ccsc3n2)CC1. The Hall–Kier alpha value is -1.77. The van der Waals surface area contributed by atoms with E-state index in [1.807, 2.05) is 23.0 Å². The zero-order valence-electron chi connectivity index (χ0n) is 12.8. The molecule has 3 aromatic heterocycles. The molecule has 0 aliphatic carbocycles. The van der Waals surface area contributed by atoms with Crippen LogP contribution in [0.1, 0.15) is 18.0 Å². The van der Waals surface area contributed by atoms with E-state index >= 15 is 0 Å². The number of piperazine rings is 1. The Bertz CT molecular complexity index is 792. The number of nitrogens with zero attached hydrogens (tertiary/aromatic N) is 5. The molecule has 4 heterocycles. The highest BCUT2D eigenvalue weighted by Crippen LogP contribution is 2.27. The molecule has 4 rings (SSSR count). The monoisotopic (exact) mass is 346 g/mol. The normalized spacial score (nSPS) is 17.7. The van der Waals surface area contributed by atoms with Gasteiger partial charge in [-0.1, -0.05) is 0 Å². The molecule has 6 nitrogen and oxygen atoms in total. The second-order valence-corrected chi connectivity index (χ2v) is 7.44. The van der Waals surface area contributed by atoms with Crippen LogP contribution >= 0.6 is 22.7 Å². The van der Waals surface area contributed by atoms with Crippen molar-refractivity contribution in [1.82, 2.24) is 19.9 Å². The largest absolute Gasteiger partial charge is 0.383 e. The number of aromatic nitrogens is 3. The van der Waals surface area contributed by atoms with Gasteiger partial charge in [0.2, 0.25) is 5.95 Å². The third-order valence-electron chi connectivity index (χ3n) is 4.30. The van der Waals surface area contributed by atoms with Crippen LogP contribution in [0.5, 0.6) is 0 Å². The zero-order valence-corrected chi connectivity index (χ0v) is 14.5. The summed E-state index contributed by atoms with van der Waals surface area (Å²) in [5.41, 5.74) is 6.06. The number of hydrogen-bond acceptors (Lipinski definition) is 8. The minimum Gasteiger partial charge on any atom is -0.383 e. The lowest BCUT2D eigenvalue weighted by molar-refractivity contribution is 0.197. The van der Waals surface area contributed by atoms with Gasteiger partial charge in [0.05, 0.1) is 11.4 Å². The molecule has 1 saturated heterocycles. The van der Waals surface area contributed by atoms with Crippen molar-refractivity contribution in [3.8, 4) is 0 Å². The molecule has 0 spiro atoms. The summed E-state index contributed by atoms with van der Waals surface area (Å²) in [6.45, 7) is 6.00. The third-order valence-corrected chi connectivity index (χ3v) is 6.05. The minimum atomic E-state index is 0.364. The van der Waals surface area contributed by atoms with Crippen LogP contribution in [0.3, 0.4) is 0 Å². The Kier molecular flexibility index (Phi) is 3.88. The molecule has 120 valence electrons.